The standard InChI is InChI=1S/C41H30O2/c1-2-28-23-25-29(26-24-28)27-34-39-37(32-19-11-5-12-20-32)35(30-15-7-3-8-16-30)36(31-17-9-4-10-18-31)38(40(39)41(42)43-34)33-21-13-6-14-22-33/h3-27H,2H2,1H3/b34-27-. The van der Waals surface area contributed by atoms with Crippen LogP contribution in [0.3, 0.4) is 0 Å². The average molecular weight is 555 g/mol. The molecule has 7 rings (SSSR count). The molecule has 2 heteroatoms. The summed E-state index contributed by atoms with van der Waals surface area (Å²) < 4.78 is 6.22. The third-order valence-corrected chi connectivity index (χ3v) is 8.09. The third-order valence-electron chi connectivity index (χ3n) is 8.09. The van der Waals surface area contributed by atoms with Crippen molar-refractivity contribution in [1.29, 1.82) is 0 Å². The van der Waals surface area contributed by atoms with Crippen molar-refractivity contribution in [2.24, 2.45) is 0 Å². The third kappa shape index (κ3) is 4.87. The van der Waals surface area contributed by atoms with E-state index in [1.54, 1.807) is 0 Å². The van der Waals surface area contributed by atoms with E-state index in [2.05, 4.69) is 104 Å². The first kappa shape index (κ1) is 26.4. The Bertz CT molecular complexity index is 1940. The van der Waals surface area contributed by atoms with Gasteiger partial charge in [0.25, 0.3) is 0 Å². The minimum absolute atomic E-state index is 0.334. The van der Waals surface area contributed by atoms with Crippen molar-refractivity contribution in [3.63, 3.8) is 0 Å². The van der Waals surface area contributed by atoms with E-state index < -0.39 is 0 Å². The number of ether oxygens (including phenoxy) is 1. The van der Waals surface area contributed by atoms with E-state index in [4.69, 9.17) is 4.74 Å². The molecule has 0 aromatic heterocycles. The molecule has 1 aliphatic heterocycles. The number of hydrogen-bond acceptors (Lipinski definition) is 2. The number of carbonyl (C=O) groups is 1. The van der Waals surface area contributed by atoms with Gasteiger partial charge in [0, 0.05) is 16.7 Å². The molecule has 0 spiro atoms. The minimum Gasteiger partial charge on any atom is -0.422 e. The maximum atomic E-state index is 14.1. The average Bonchev–Trinajstić information content (AvgIpc) is 3.40. The van der Waals surface area contributed by atoms with Crippen molar-refractivity contribution in [3.05, 3.63) is 168 Å². The highest BCUT2D eigenvalue weighted by Crippen LogP contribution is 2.54. The molecule has 0 bridgehead atoms. The second kappa shape index (κ2) is 11.4. The predicted molar refractivity (Wildman–Crippen MR) is 177 cm³/mol. The van der Waals surface area contributed by atoms with Gasteiger partial charge in [-0.3, -0.25) is 0 Å². The Morgan fingerprint density at radius 2 is 0.837 bits per heavy atom. The molecule has 0 N–H and O–H groups in total. The Kier molecular flexibility index (Phi) is 7.02. The van der Waals surface area contributed by atoms with Crippen LogP contribution in [0.1, 0.15) is 34.0 Å². The molecule has 0 saturated heterocycles. The lowest BCUT2D eigenvalue weighted by Gasteiger charge is -2.24. The summed E-state index contributed by atoms with van der Waals surface area (Å²) in [6, 6.07) is 49.9. The van der Waals surface area contributed by atoms with Crippen molar-refractivity contribution in [2.45, 2.75) is 13.3 Å². The summed E-state index contributed by atoms with van der Waals surface area (Å²) in [5.41, 5.74) is 11.8. The molecular formula is C41H30O2. The van der Waals surface area contributed by atoms with Crippen LogP contribution in [0.15, 0.2) is 146 Å². The Labute approximate surface area is 252 Å². The number of cyclic esters (lactones) is 1. The monoisotopic (exact) mass is 554 g/mol. The molecule has 0 aliphatic carbocycles. The summed E-state index contributed by atoms with van der Waals surface area (Å²) in [5.74, 6) is 0.233. The number of carbonyl (C=O) groups excluding carboxylic acids is 1. The Morgan fingerprint density at radius 3 is 1.23 bits per heavy atom. The second-order valence-corrected chi connectivity index (χ2v) is 10.7. The van der Waals surface area contributed by atoms with Gasteiger partial charge in [-0.25, -0.2) is 4.79 Å². The normalized spacial score (nSPS) is 13.1. The van der Waals surface area contributed by atoms with E-state index in [-0.39, 0.29) is 5.97 Å². The number of benzene rings is 6. The van der Waals surface area contributed by atoms with Gasteiger partial charge in [0.2, 0.25) is 0 Å². The topological polar surface area (TPSA) is 26.3 Å². The summed E-state index contributed by atoms with van der Waals surface area (Å²) >= 11 is 0. The van der Waals surface area contributed by atoms with E-state index in [9.17, 15) is 4.79 Å². The highest BCUT2D eigenvalue weighted by molar-refractivity contribution is 6.19. The number of rotatable bonds is 6. The first-order valence-corrected chi connectivity index (χ1v) is 14.7. The van der Waals surface area contributed by atoms with Gasteiger partial charge in [-0.2, -0.15) is 0 Å². The second-order valence-electron chi connectivity index (χ2n) is 10.7. The van der Waals surface area contributed by atoms with Crippen LogP contribution < -0.4 is 0 Å². The van der Waals surface area contributed by atoms with Gasteiger partial charge in [-0.1, -0.05) is 153 Å². The molecule has 0 saturated carbocycles. The van der Waals surface area contributed by atoms with E-state index in [1.165, 1.54) is 5.56 Å². The number of hydrogen-bond donors (Lipinski definition) is 0. The van der Waals surface area contributed by atoms with Crippen LogP contribution in [0, 0.1) is 0 Å². The Balaban J connectivity index is 1.68. The van der Waals surface area contributed by atoms with E-state index in [1.807, 2.05) is 54.6 Å². The van der Waals surface area contributed by atoms with Crippen LogP contribution >= 0.6 is 0 Å². The molecule has 0 fully saturated rings. The van der Waals surface area contributed by atoms with Crippen LogP contribution in [0.4, 0.5) is 0 Å². The van der Waals surface area contributed by atoms with Gasteiger partial charge < -0.3 is 4.74 Å². The molecule has 1 aliphatic rings. The Hall–Kier alpha value is -5.47. The zero-order valence-electron chi connectivity index (χ0n) is 24.0. The fourth-order valence-electron chi connectivity index (χ4n) is 6.08. The zero-order valence-corrected chi connectivity index (χ0v) is 24.0. The molecule has 6 aromatic carbocycles. The van der Waals surface area contributed by atoms with Gasteiger partial charge in [-0.05, 0) is 57.0 Å². The molecule has 0 radical (unpaired) electrons. The summed E-state index contributed by atoms with van der Waals surface area (Å²) in [6.07, 6.45) is 2.97. The molecule has 0 amide bonds. The molecular weight excluding hydrogens is 524 g/mol. The van der Waals surface area contributed by atoms with Gasteiger partial charge in [-0.15, -0.1) is 0 Å². The smallest absolute Gasteiger partial charge is 0.344 e. The van der Waals surface area contributed by atoms with Crippen molar-refractivity contribution < 1.29 is 9.53 Å². The van der Waals surface area contributed by atoms with E-state index in [0.717, 1.165) is 62.1 Å². The molecule has 206 valence electrons. The Morgan fingerprint density at radius 1 is 0.465 bits per heavy atom. The minimum atomic E-state index is -0.334. The van der Waals surface area contributed by atoms with Crippen LogP contribution in [0.5, 0.6) is 0 Å². The zero-order chi connectivity index (χ0) is 29.2. The number of esters is 1. The fraction of sp³-hybridized carbons (Fsp3) is 0.0488. The van der Waals surface area contributed by atoms with Gasteiger partial charge >= 0.3 is 5.97 Å². The van der Waals surface area contributed by atoms with Crippen LogP contribution in [0.25, 0.3) is 56.3 Å². The molecule has 6 aromatic rings. The SMILES string of the molecule is CCc1ccc(/C=C2\OC(=O)c3c2c(-c2ccccc2)c(-c2ccccc2)c(-c2ccccc2)c3-c2ccccc2)cc1. The number of aryl methyl sites for hydroxylation is 1. The van der Waals surface area contributed by atoms with E-state index in [0.29, 0.717) is 11.3 Å². The molecule has 0 unspecified atom stereocenters. The lowest BCUT2D eigenvalue weighted by atomic mass is 9.77. The number of fused-ring (bicyclic) bond motifs is 1. The molecule has 2 nitrogen and oxygen atoms in total. The largest absolute Gasteiger partial charge is 0.422 e. The summed E-state index contributed by atoms with van der Waals surface area (Å²) in [5, 5.41) is 0. The molecule has 1 heterocycles. The maximum absolute atomic E-state index is 14.1. The maximum Gasteiger partial charge on any atom is 0.344 e. The lowest BCUT2D eigenvalue weighted by molar-refractivity contribution is 0.0718. The first-order chi connectivity index (χ1) is 21.2. The summed E-state index contributed by atoms with van der Waals surface area (Å²) in [7, 11) is 0. The van der Waals surface area contributed by atoms with Crippen molar-refractivity contribution in [1.82, 2.24) is 0 Å². The first-order valence-electron chi connectivity index (χ1n) is 14.7. The van der Waals surface area contributed by atoms with Gasteiger partial charge in [0.1, 0.15) is 5.76 Å². The predicted octanol–water partition coefficient (Wildman–Crippen LogP) is 10.6. The van der Waals surface area contributed by atoms with Crippen molar-refractivity contribution in [3.8, 4) is 44.5 Å². The van der Waals surface area contributed by atoms with Crippen LogP contribution in [-0.4, -0.2) is 5.97 Å². The lowest BCUT2D eigenvalue weighted by Crippen LogP contribution is -2.04. The van der Waals surface area contributed by atoms with Crippen LogP contribution in [-0.2, 0) is 11.2 Å². The highest BCUT2D eigenvalue weighted by atomic mass is 16.5. The highest BCUT2D eigenvalue weighted by Gasteiger charge is 2.37. The molecule has 0 atom stereocenters. The van der Waals surface area contributed by atoms with Gasteiger partial charge in [0.05, 0.1) is 5.56 Å². The van der Waals surface area contributed by atoms with Crippen molar-refractivity contribution in [2.75, 3.05) is 0 Å². The molecule has 43 heavy (non-hydrogen) atoms. The summed E-state index contributed by atoms with van der Waals surface area (Å²) in [6.45, 7) is 2.15. The van der Waals surface area contributed by atoms with Crippen molar-refractivity contribution >= 4 is 17.8 Å². The van der Waals surface area contributed by atoms with Gasteiger partial charge in [0.15, 0.2) is 0 Å². The summed E-state index contributed by atoms with van der Waals surface area (Å²) in [4.78, 5) is 14.1. The van der Waals surface area contributed by atoms with Crippen LogP contribution in [0.2, 0.25) is 0 Å². The quantitative estimate of drug-likeness (QED) is 0.191. The van der Waals surface area contributed by atoms with E-state index >= 15 is 0 Å². The fourth-order valence-corrected chi connectivity index (χ4v) is 6.08.